The standard InChI is InChI=1S/C13H15BrN2S/c1-10-12(14)5-6-13(15-10)16(2)8-7-11-4-3-9-17-11/h3-6,9H,7-8H2,1-2H3. The Hall–Kier alpha value is -0.870. The topological polar surface area (TPSA) is 16.1 Å². The van der Waals surface area contributed by atoms with Gasteiger partial charge in [-0.15, -0.1) is 11.3 Å². The van der Waals surface area contributed by atoms with Gasteiger partial charge >= 0.3 is 0 Å². The second-order valence-corrected chi connectivity index (χ2v) is 5.87. The van der Waals surface area contributed by atoms with Gasteiger partial charge in [-0.25, -0.2) is 4.98 Å². The van der Waals surface area contributed by atoms with Crippen LogP contribution in [0.15, 0.2) is 34.1 Å². The maximum absolute atomic E-state index is 4.56. The van der Waals surface area contributed by atoms with Crippen molar-refractivity contribution in [3.63, 3.8) is 0 Å². The van der Waals surface area contributed by atoms with Crippen molar-refractivity contribution in [2.45, 2.75) is 13.3 Å². The lowest BCUT2D eigenvalue weighted by atomic mass is 10.3. The number of hydrogen-bond acceptors (Lipinski definition) is 3. The van der Waals surface area contributed by atoms with Crippen molar-refractivity contribution < 1.29 is 0 Å². The molecule has 90 valence electrons. The fraction of sp³-hybridized carbons (Fsp3) is 0.308. The summed E-state index contributed by atoms with van der Waals surface area (Å²) < 4.78 is 1.06. The van der Waals surface area contributed by atoms with Crippen molar-refractivity contribution in [2.75, 3.05) is 18.5 Å². The van der Waals surface area contributed by atoms with Gasteiger partial charge in [-0.2, -0.15) is 0 Å². The van der Waals surface area contributed by atoms with Crippen LogP contribution in [0.5, 0.6) is 0 Å². The first-order valence-electron chi connectivity index (χ1n) is 5.53. The van der Waals surface area contributed by atoms with Crippen LogP contribution in [0.25, 0.3) is 0 Å². The van der Waals surface area contributed by atoms with Crippen LogP contribution in [-0.2, 0) is 6.42 Å². The minimum atomic E-state index is 0.995. The van der Waals surface area contributed by atoms with Crippen molar-refractivity contribution in [2.24, 2.45) is 0 Å². The first-order chi connectivity index (χ1) is 8.16. The summed E-state index contributed by atoms with van der Waals surface area (Å²) in [5.74, 6) is 1.03. The zero-order chi connectivity index (χ0) is 12.3. The number of hydrogen-bond donors (Lipinski definition) is 0. The lowest BCUT2D eigenvalue weighted by Gasteiger charge is -2.18. The lowest BCUT2D eigenvalue weighted by Crippen LogP contribution is -2.21. The third-order valence-electron chi connectivity index (χ3n) is 2.67. The fourth-order valence-corrected chi connectivity index (χ4v) is 2.51. The van der Waals surface area contributed by atoms with Crippen LogP contribution in [0.1, 0.15) is 10.6 Å². The van der Waals surface area contributed by atoms with E-state index in [-0.39, 0.29) is 0 Å². The van der Waals surface area contributed by atoms with E-state index < -0.39 is 0 Å². The van der Waals surface area contributed by atoms with E-state index in [1.54, 1.807) is 0 Å². The highest BCUT2D eigenvalue weighted by Gasteiger charge is 2.05. The normalized spacial score (nSPS) is 10.5. The first-order valence-corrected chi connectivity index (χ1v) is 7.21. The third kappa shape index (κ3) is 3.30. The number of nitrogens with zero attached hydrogens (tertiary/aromatic N) is 2. The average Bonchev–Trinajstić information content (AvgIpc) is 2.82. The Morgan fingerprint density at radius 1 is 1.35 bits per heavy atom. The van der Waals surface area contributed by atoms with Crippen LogP contribution in [0.2, 0.25) is 0 Å². The van der Waals surface area contributed by atoms with Gasteiger partial charge in [-0.05, 0) is 52.9 Å². The van der Waals surface area contributed by atoms with Gasteiger partial charge in [0.05, 0.1) is 5.69 Å². The first kappa shape index (κ1) is 12.6. The van der Waals surface area contributed by atoms with E-state index in [1.165, 1.54) is 4.88 Å². The highest BCUT2D eigenvalue weighted by molar-refractivity contribution is 9.10. The van der Waals surface area contributed by atoms with Crippen LogP contribution >= 0.6 is 27.3 Å². The molecule has 2 nitrogen and oxygen atoms in total. The number of rotatable bonds is 4. The smallest absolute Gasteiger partial charge is 0.128 e. The Morgan fingerprint density at radius 2 is 2.18 bits per heavy atom. The SMILES string of the molecule is Cc1nc(N(C)CCc2cccs2)ccc1Br. The van der Waals surface area contributed by atoms with E-state index in [0.717, 1.165) is 29.0 Å². The maximum Gasteiger partial charge on any atom is 0.128 e. The molecule has 2 rings (SSSR count). The summed E-state index contributed by atoms with van der Waals surface area (Å²) in [6.45, 7) is 3.01. The molecule has 0 aliphatic heterocycles. The monoisotopic (exact) mass is 310 g/mol. The number of anilines is 1. The summed E-state index contributed by atoms with van der Waals surface area (Å²) in [4.78, 5) is 8.17. The molecule has 4 heteroatoms. The number of aryl methyl sites for hydroxylation is 1. The number of pyridine rings is 1. The molecule has 0 atom stereocenters. The summed E-state index contributed by atoms with van der Waals surface area (Å²) >= 11 is 5.28. The van der Waals surface area contributed by atoms with Gasteiger partial charge in [0.25, 0.3) is 0 Å². The molecule has 0 N–H and O–H groups in total. The molecule has 0 spiro atoms. The zero-order valence-corrected chi connectivity index (χ0v) is 12.4. The molecular formula is C13H15BrN2S. The Morgan fingerprint density at radius 3 is 2.82 bits per heavy atom. The molecule has 0 aliphatic rings. The molecule has 0 unspecified atom stereocenters. The molecule has 2 aromatic heterocycles. The molecule has 2 heterocycles. The number of thiophene rings is 1. The van der Waals surface area contributed by atoms with Crippen molar-refractivity contribution in [1.82, 2.24) is 4.98 Å². The maximum atomic E-state index is 4.56. The van der Waals surface area contributed by atoms with E-state index in [4.69, 9.17) is 0 Å². The lowest BCUT2D eigenvalue weighted by molar-refractivity contribution is 0.864. The van der Waals surface area contributed by atoms with Crippen LogP contribution in [0.3, 0.4) is 0 Å². The molecule has 17 heavy (non-hydrogen) atoms. The quantitative estimate of drug-likeness (QED) is 0.851. The largest absolute Gasteiger partial charge is 0.359 e. The van der Waals surface area contributed by atoms with Gasteiger partial charge in [-0.1, -0.05) is 6.07 Å². The van der Waals surface area contributed by atoms with Crippen molar-refractivity contribution >= 4 is 33.1 Å². The van der Waals surface area contributed by atoms with Crippen molar-refractivity contribution in [3.8, 4) is 0 Å². The van der Waals surface area contributed by atoms with Gasteiger partial charge in [0, 0.05) is 22.9 Å². The summed E-state index contributed by atoms with van der Waals surface area (Å²) in [5.41, 5.74) is 1.03. The van der Waals surface area contributed by atoms with Crippen molar-refractivity contribution in [1.29, 1.82) is 0 Å². The Labute approximate surface area is 114 Å². The molecule has 0 fully saturated rings. The molecule has 0 aromatic carbocycles. The third-order valence-corrected chi connectivity index (χ3v) is 4.45. The second kappa shape index (κ2) is 5.65. The summed E-state index contributed by atoms with van der Waals surface area (Å²) in [6, 6.07) is 8.38. The van der Waals surface area contributed by atoms with Gasteiger partial charge in [0.1, 0.15) is 5.82 Å². The molecular weight excluding hydrogens is 296 g/mol. The summed E-state index contributed by atoms with van der Waals surface area (Å²) in [6.07, 6.45) is 1.07. The minimum Gasteiger partial charge on any atom is -0.359 e. The molecule has 0 radical (unpaired) electrons. The predicted molar refractivity (Wildman–Crippen MR) is 78.0 cm³/mol. The van der Waals surface area contributed by atoms with E-state index in [0.29, 0.717) is 0 Å². The van der Waals surface area contributed by atoms with Crippen LogP contribution < -0.4 is 4.90 Å². The number of aromatic nitrogens is 1. The van der Waals surface area contributed by atoms with Crippen LogP contribution in [0, 0.1) is 6.92 Å². The molecule has 0 bridgehead atoms. The van der Waals surface area contributed by atoms with Crippen molar-refractivity contribution in [3.05, 3.63) is 44.7 Å². The van der Waals surface area contributed by atoms with E-state index in [2.05, 4.69) is 56.4 Å². The molecule has 2 aromatic rings. The Bertz CT molecular complexity index is 482. The van der Waals surface area contributed by atoms with Crippen LogP contribution in [0.4, 0.5) is 5.82 Å². The number of halogens is 1. The highest BCUT2D eigenvalue weighted by atomic mass is 79.9. The molecule has 0 amide bonds. The van der Waals surface area contributed by atoms with E-state index in [9.17, 15) is 0 Å². The number of likely N-dealkylation sites (N-methyl/N-ethyl adjacent to an activating group) is 1. The molecule has 0 saturated heterocycles. The highest BCUT2D eigenvalue weighted by Crippen LogP contribution is 2.19. The van der Waals surface area contributed by atoms with Gasteiger partial charge < -0.3 is 4.90 Å². The van der Waals surface area contributed by atoms with Gasteiger partial charge in [0.15, 0.2) is 0 Å². The fourth-order valence-electron chi connectivity index (χ4n) is 1.59. The average molecular weight is 311 g/mol. The van der Waals surface area contributed by atoms with Gasteiger partial charge in [0.2, 0.25) is 0 Å². The Balaban J connectivity index is 1.99. The minimum absolute atomic E-state index is 0.995. The second-order valence-electron chi connectivity index (χ2n) is 3.99. The zero-order valence-electron chi connectivity index (χ0n) is 9.98. The van der Waals surface area contributed by atoms with Crippen LogP contribution in [-0.4, -0.2) is 18.6 Å². The van der Waals surface area contributed by atoms with E-state index in [1.807, 2.05) is 24.3 Å². The van der Waals surface area contributed by atoms with Gasteiger partial charge in [-0.3, -0.25) is 0 Å². The predicted octanol–water partition coefficient (Wildman–Crippen LogP) is 3.89. The summed E-state index contributed by atoms with van der Waals surface area (Å²) in [7, 11) is 2.09. The summed E-state index contributed by atoms with van der Waals surface area (Å²) in [5, 5.41) is 2.12. The molecule has 0 saturated carbocycles. The molecule has 0 aliphatic carbocycles. The van der Waals surface area contributed by atoms with E-state index >= 15 is 0 Å². The Kier molecular flexibility index (Phi) is 4.18.